The number of fused-ring (bicyclic) bond motifs is 2. The summed E-state index contributed by atoms with van der Waals surface area (Å²) < 4.78 is 0. The van der Waals surface area contributed by atoms with E-state index in [9.17, 15) is 0 Å². The van der Waals surface area contributed by atoms with Gasteiger partial charge in [0.2, 0.25) is 0 Å². The number of hydrogen-bond donors (Lipinski definition) is 3. The molecule has 0 spiro atoms. The Bertz CT molecular complexity index is 829. The second kappa shape index (κ2) is 8.61. The molecule has 0 amide bonds. The van der Waals surface area contributed by atoms with E-state index < -0.39 is 0 Å². The average Bonchev–Trinajstić information content (AvgIpc) is 2.98. The average molecular weight is 378 g/mol. The summed E-state index contributed by atoms with van der Waals surface area (Å²) in [5.41, 5.74) is 12.4. The van der Waals surface area contributed by atoms with Gasteiger partial charge in [0.25, 0.3) is 0 Å². The van der Waals surface area contributed by atoms with Crippen LogP contribution in [0.1, 0.15) is 23.1 Å². The zero-order valence-electron chi connectivity index (χ0n) is 14.1. The minimum absolute atomic E-state index is 0. The van der Waals surface area contributed by atoms with Crippen molar-refractivity contribution in [1.29, 1.82) is 0 Å². The van der Waals surface area contributed by atoms with Crippen LogP contribution in [0.15, 0.2) is 48.7 Å². The van der Waals surface area contributed by atoms with E-state index in [1.165, 1.54) is 34.0 Å². The van der Waals surface area contributed by atoms with Crippen LogP contribution in [0.5, 0.6) is 0 Å². The highest BCUT2D eigenvalue weighted by Crippen LogP contribution is 2.26. The van der Waals surface area contributed by atoms with E-state index >= 15 is 0 Å². The summed E-state index contributed by atoms with van der Waals surface area (Å²) >= 11 is 0. The van der Waals surface area contributed by atoms with Crippen LogP contribution < -0.4 is 11.1 Å². The molecule has 4 N–H and O–H groups in total. The van der Waals surface area contributed by atoms with E-state index in [2.05, 4.69) is 52.9 Å². The molecule has 1 aliphatic rings. The molecule has 134 valence electrons. The lowest BCUT2D eigenvalue weighted by Crippen LogP contribution is -2.36. The Hall–Kier alpha value is -1.68. The molecule has 0 radical (unpaired) electrons. The highest BCUT2D eigenvalue weighted by Gasteiger charge is 2.19. The summed E-state index contributed by atoms with van der Waals surface area (Å²) in [4.78, 5) is 3.35. The first-order valence-corrected chi connectivity index (χ1v) is 8.46. The fourth-order valence-corrected chi connectivity index (χ4v) is 3.76. The quantitative estimate of drug-likeness (QED) is 0.594. The maximum atomic E-state index is 6.08. The fourth-order valence-electron chi connectivity index (χ4n) is 3.76. The zero-order valence-corrected chi connectivity index (χ0v) is 15.8. The first kappa shape index (κ1) is 19.6. The van der Waals surface area contributed by atoms with Crippen molar-refractivity contribution in [3.8, 4) is 0 Å². The molecule has 0 aliphatic heterocycles. The Morgan fingerprint density at radius 2 is 1.92 bits per heavy atom. The fraction of sp³-hybridized carbons (Fsp3) is 0.300. The third kappa shape index (κ3) is 4.12. The third-order valence-electron chi connectivity index (χ3n) is 5.02. The molecule has 25 heavy (non-hydrogen) atoms. The molecule has 1 heterocycles. The van der Waals surface area contributed by atoms with Crippen LogP contribution in [0, 0.1) is 0 Å². The number of benzene rings is 2. The van der Waals surface area contributed by atoms with Gasteiger partial charge in [0.15, 0.2) is 0 Å². The standard InChI is InChI=1S/C20H23N3.2ClH/c21-19-6-3-4-14-12-16(8-9-17(14)19)22-11-10-15-13-23-20-7-2-1-5-18(15)20;;/h1-7,13,16,22-23H,8-12,21H2;2*1H. The van der Waals surface area contributed by atoms with E-state index in [1.54, 1.807) is 0 Å². The van der Waals surface area contributed by atoms with E-state index in [1.807, 2.05) is 6.07 Å². The van der Waals surface area contributed by atoms with Crippen molar-refractivity contribution >= 4 is 41.4 Å². The molecule has 0 saturated carbocycles. The van der Waals surface area contributed by atoms with Crippen molar-refractivity contribution in [1.82, 2.24) is 10.3 Å². The van der Waals surface area contributed by atoms with E-state index in [0.717, 1.165) is 31.5 Å². The predicted molar refractivity (Wildman–Crippen MR) is 111 cm³/mol. The third-order valence-corrected chi connectivity index (χ3v) is 5.02. The first-order chi connectivity index (χ1) is 11.3. The zero-order chi connectivity index (χ0) is 15.6. The second-order valence-electron chi connectivity index (χ2n) is 6.49. The van der Waals surface area contributed by atoms with E-state index in [-0.39, 0.29) is 24.8 Å². The van der Waals surface area contributed by atoms with Crippen molar-refractivity contribution < 1.29 is 0 Å². The van der Waals surface area contributed by atoms with Gasteiger partial charge in [0, 0.05) is 28.8 Å². The van der Waals surface area contributed by atoms with Gasteiger partial charge >= 0.3 is 0 Å². The smallest absolute Gasteiger partial charge is 0.0456 e. The Balaban J connectivity index is 0.00000113. The first-order valence-electron chi connectivity index (χ1n) is 8.46. The van der Waals surface area contributed by atoms with Crippen LogP contribution in [0.25, 0.3) is 10.9 Å². The van der Waals surface area contributed by atoms with Gasteiger partial charge in [-0.05, 0) is 61.1 Å². The van der Waals surface area contributed by atoms with Crippen LogP contribution in [-0.4, -0.2) is 17.6 Å². The van der Waals surface area contributed by atoms with Gasteiger partial charge < -0.3 is 16.0 Å². The molecule has 1 aromatic heterocycles. The topological polar surface area (TPSA) is 53.8 Å². The van der Waals surface area contributed by atoms with Gasteiger partial charge in [0.05, 0.1) is 0 Å². The van der Waals surface area contributed by atoms with Gasteiger partial charge in [-0.15, -0.1) is 24.8 Å². The number of rotatable bonds is 4. The largest absolute Gasteiger partial charge is 0.398 e. The lowest BCUT2D eigenvalue weighted by atomic mass is 9.87. The van der Waals surface area contributed by atoms with E-state index in [4.69, 9.17) is 5.73 Å². The number of nitrogens with two attached hydrogens (primary N) is 1. The molecule has 1 aliphatic carbocycles. The number of H-pyrrole nitrogens is 1. The van der Waals surface area contributed by atoms with Crippen molar-refractivity contribution in [2.45, 2.75) is 31.7 Å². The number of aromatic amines is 1. The summed E-state index contributed by atoms with van der Waals surface area (Å²) in [5.74, 6) is 0. The molecule has 0 bridgehead atoms. The Labute approximate surface area is 161 Å². The minimum Gasteiger partial charge on any atom is -0.398 e. The molecule has 0 fully saturated rings. The molecule has 1 atom stereocenters. The Kier molecular flexibility index (Phi) is 6.77. The van der Waals surface area contributed by atoms with Crippen LogP contribution in [0.2, 0.25) is 0 Å². The highest BCUT2D eigenvalue weighted by molar-refractivity contribution is 5.85. The molecule has 2 aromatic carbocycles. The SMILES string of the molecule is Cl.Cl.Nc1cccc2c1CCC(NCCc1c[nH]c3ccccc13)C2. The number of aromatic nitrogens is 1. The van der Waals surface area contributed by atoms with Crippen LogP contribution in [0.3, 0.4) is 0 Å². The summed E-state index contributed by atoms with van der Waals surface area (Å²) in [6.45, 7) is 1.02. The number of nitrogens with one attached hydrogen (secondary N) is 2. The second-order valence-corrected chi connectivity index (χ2v) is 6.49. The van der Waals surface area contributed by atoms with E-state index in [0.29, 0.717) is 6.04 Å². The van der Waals surface area contributed by atoms with Gasteiger partial charge in [0.1, 0.15) is 0 Å². The maximum Gasteiger partial charge on any atom is 0.0456 e. The minimum atomic E-state index is 0. The summed E-state index contributed by atoms with van der Waals surface area (Å²) in [6, 6.07) is 15.4. The molecule has 0 saturated heterocycles. The van der Waals surface area contributed by atoms with Crippen molar-refractivity contribution in [3.63, 3.8) is 0 Å². The number of nitrogen functional groups attached to an aromatic ring is 1. The summed E-state index contributed by atoms with van der Waals surface area (Å²) in [5, 5.41) is 5.07. The maximum absolute atomic E-state index is 6.08. The van der Waals surface area contributed by atoms with Crippen LogP contribution in [0.4, 0.5) is 5.69 Å². The van der Waals surface area contributed by atoms with Crippen molar-refractivity contribution in [2.75, 3.05) is 12.3 Å². The molecule has 3 nitrogen and oxygen atoms in total. The lowest BCUT2D eigenvalue weighted by molar-refractivity contribution is 0.462. The molecular formula is C20H25Cl2N3. The van der Waals surface area contributed by atoms with Gasteiger partial charge in [-0.3, -0.25) is 0 Å². The highest BCUT2D eigenvalue weighted by atomic mass is 35.5. The normalized spacial score (nSPS) is 15.9. The number of para-hydroxylation sites is 1. The summed E-state index contributed by atoms with van der Waals surface area (Å²) in [7, 11) is 0. The Morgan fingerprint density at radius 3 is 2.80 bits per heavy atom. The lowest BCUT2D eigenvalue weighted by Gasteiger charge is -2.26. The molecule has 4 rings (SSSR count). The number of hydrogen-bond acceptors (Lipinski definition) is 2. The molecule has 5 heteroatoms. The number of halogens is 2. The summed E-state index contributed by atoms with van der Waals surface area (Å²) in [6.07, 6.45) is 6.56. The van der Waals surface area contributed by atoms with Gasteiger partial charge in [-0.1, -0.05) is 30.3 Å². The predicted octanol–water partition coefficient (Wildman–Crippen LogP) is 4.28. The number of anilines is 1. The molecule has 1 unspecified atom stereocenters. The van der Waals surface area contributed by atoms with Crippen molar-refractivity contribution in [3.05, 3.63) is 65.4 Å². The van der Waals surface area contributed by atoms with Crippen LogP contribution >= 0.6 is 24.8 Å². The Morgan fingerprint density at radius 1 is 1.08 bits per heavy atom. The molecule has 3 aromatic rings. The molecular weight excluding hydrogens is 353 g/mol. The monoisotopic (exact) mass is 377 g/mol. The van der Waals surface area contributed by atoms with Gasteiger partial charge in [-0.2, -0.15) is 0 Å². The van der Waals surface area contributed by atoms with Crippen LogP contribution in [-0.2, 0) is 19.3 Å². The van der Waals surface area contributed by atoms with Gasteiger partial charge in [-0.25, -0.2) is 0 Å². The van der Waals surface area contributed by atoms with Crippen molar-refractivity contribution in [2.24, 2.45) is 0 Å².